The third-order valence-corrected chi connectivity index (χ3v) is 16.4. The molecule has 0 saturated carbocycles. The first-order chi connectivity index (χ1) is 39.4. The van der Waals surface area contributed by atoms with Gasteiger partial charge in [-0.25, -0.2) is 4.57 Å². The number of phosphoric acid groups is 1. The molecule has 3 atom stereocenters. The van der Waals surface area contributed by atoms with Crippen molar-refractivity contribution in [3.8, 4) is 0 Å². The number of rotatable bonds is 63. The normalized spacial score (nSPS) is 13.9. The van der Waals surface area contributed by atoms with E-state index >= 15 is 0 Å². The summed E-state index contributed by atoms with van der Waals surface area (Å²) in [6.07, 6.45) is 77.9. The molecule has 10 heteroatoms. The van der Waals surface area contributed by atoms with Gasteiger partial charge in [-0.05, 0) is 76.7 Å². The first-order valence-corrected chi connectivity index (χ1v) is 36.1. The first kappa shape index (κ1) is 78.7. The van der Waals surface area contributed by atoms with Gasteiger partial charge in [0.15, 0.2) is 0 Å². The molecule has 0 rings (SSSR count). The van der Waals surface area contributed by atoms with Crippen molar-refractivity contribution in [2.24, 2.45) is 0 Å². The van der Waals surface area contributed by atoms with Crippen LogP contribution in [-0.2, 0) is 27.9 Å². The average Bonchev–Trinajstić information content (AvgIpc) is 3.44. The predicted molar refractivity (Wildman–Crippen MR) is 351 cm³/mol. The summed E-state index contributed by atoms with van der Waals surface area (Å²) in [5, 5.41) is 3.06. The third kappa shape index (κ3) is 62.1. The van der Waals surface area contributed by atoms with Crippen LogP contribution in [0.2, 0.25) is 0 Å². The number of likely N-dealkylation sites (N-methyl/N-ethyl adjacent to an activating group) is 1. The molecule has 0 fully saturated rings. The molecular weight excluding hydrogens is 1020 g/mol. The molecular formula is C71H134N2O7P+. The van der Waals surface area contributed by atoms with Gasteiger partial charge in [0.2, 0.25) is 5.91 Å². The minimum absolute atomic E-state index is 0.0364. The smallest absolute Gasteiger partial charge is 0.456 e. The molecule has 0 saturated heterocycles. The quantitative estimate of drug-likeness (QED) is 0.0205. The van der Waals surface area contributed by atoms with Gasteiger partial charge in [-0.1, -0.05) is 300 Å². The number of hydrogen-bond acceptors (Lipinski definition) is 6. The molecule has 0 aliphatic rings. The van der Waals surface area contributed by atoms with Gasteiger partial charge in [-0.15, -0.1) is 0 Å². The maximum Gasteiger partial charge on any atom is 0.472 e. The van der Waals surface area contributed by atoms with Crippen LogP contribution in [0.3, 0.4) is 0 Å². The number of hydrogen-bond donors (Lipinski definition) is 2. The van der Waals surface area contributed by atoms with Gasteiger partial charge in [-0.3, -0.25) is 18.6 Å². The molecule has 1 amide bonds. The predicted octanol–water partition coefficient (Wildman–Crippen LogP) is 21.8. The van der Waals surface area contributed by atoms with Crippen LogP contribution < -0.4 is 5.32 Å². The maximum atomic E-state index is 13.6. The standard InChI is InChI=1S/C71H133N2O7P/c1-7-10-13-16-19-22-25-28-30-32-34-36-38-40-42-45-48-51-54-57-60-63-70(74)72-68(67-79-81(76,77)78-66-65-73(4,5)6)69(62-59-56-53-50-47-44-27-24-21-18-15-12-9-3)80-71(75)64-61-58-55-52-49-46-43-41-39-37-35-33-31-29-26-23-20-17-14-11-8-2/h19,22,28,30,34,36,40,42,59,62,68-69H,7-18,20-21,23-27,29,31-33,35,37-39,41,43-58,60-61,63-67H2,1-6H3,(H-,72,74,76,77)/p+1/b22-19-,30-28-,36-34-,42-40-,62-59+. The summed E-state index contributed by atoms with van der Waals surface area (Å²) in [6.45, 7) is 7.01. The number of amides is 1. The number of quaternary nitrogens is 1. The Kier molecular flexibility index (Phi) is 59.1. The zero-order chi connectivity index (χ0) is 59.3. The monoisotopic (exact) mass is 1160 g/mol. The van der Waals surface area contributed by atoms with Gasteiger partial charge < -0.3 is 19.4 Å². The maximum absolute atomic E-state index is 13.6. The van der Waals surface area contributed by atoms with E-state index in [1.807, 2.05) is 33.3 Å². The average molecular weight is 1160 g/mol. The van der Waals surface area contributed by atoms with Gasteiger partial charge in [0, 0.05) is 12.8 Å². The Morgan fingerprint density at radius 3 is 1.15 bits per heavy atom. The van der Waals surface area contributed by atoms with Crippen LogP contribution in [-0.4, -0.2) is 74.3 Å². The SMILES string of the molecule is CCCCC/C=C\C/C=C\C/C=C\C/C=C\CCCCCCCC(=O)NC(COP(=O)(O)OCC[N+](C)(C)C)C(/C=C/CCCCCCCCCCCCC)OC(=O)CCCCCCCCCCCCCCCCCCCCCCC. The lowest BCUT2D eigenvalue weighted by Gasteiger charge is -2.27. The molecule has 0 bridgehead atoms. The van der Waals surface area contributed by atoms with Crippen molar-refractivity contribution in [3.05, 3.63) is 60.8 Å². The Morgan fingerprint density at radius 1 is 0.432 bits per heavy atom. The number of unbranched alkanes of at least 4 members (excludes halogenated alkanes) is 39. The molecule has 0 radical (unpaired) electrons. The van der Waals surface area contributed by atoms with Gasteiger partial charge >= 0.3 is 13.8 Å². The highest BCUT2D eigenvalue weighted by atomic mass is 31.2. The lowest BCUT2D eigenvalue weighted by Crippen LogP contribution is -2.47. The highest BCUT2D eigenvalue weighted by Crippen LogP contribution is 2.43. The van der Waals surface area contributed by atoms with Crippen LogP contribution in [0.1, 0.15) is 329 Å². The molecule has 9 nitrogen and oxygen atoms in total. The molecule has 0 aromatic rings. The number of carbonyl (C=O) groups is 2. The zero-order valence-corrected chi connectivity index (χ0v) is 55.2. The number of allylic oxidation sites excluding steroid dienone is 9. The van der Waals surface area contributed by atoms with E-state index < -0.39 is 20.0 Å². The van der Waals surface area contributed by atoms with Crippen molar-refractivity contribution < 1.29 is 37.3 Å². The molecule has 2 N–H and O–H groups in total. The summed E-state index contributed by atoms with van der Waals surface area (Å²) in [5.41, 5.74) is 0. The van der Waals surface area contributed by atoms with Crippen molar-refractivity contribution in [1.82, 2.24) is 5.32 Å². The summed E-state index contributed by atoms with van der Waals surface area (Å²) >= 11 is 0. The molecule has 0 aromatic carbocycles. The van der Waals surface area contributed by atoms with Crippen molar-refractivity contribution in [2.45, 2.75) is 341 Å². The fourth-order valence-corrected chi connectivity index (χ4v) is 10.8. The van der Waals surface area contributed by atoms with E-state index in [4.69, 9.17) is 13.8 Å². The third-order valence-electron chi connectivity index (χ3n) is 15.5. The molecule has 0 spiro atoms. The van der Waals surface area contributed by atoms with E-state index in [-0.39, 0.29) is 25.1 Å². The van der Waals surface area contributed by atoms with E-state index in [0.717, 1.165) is 96.3 Å². The second-order valence-electron chi connectivity index (χ2n) is 24.7. The van der Waals surface area contributed by atoms with Crippen molar-refractivity contribution in [3.63, 3.8) is 0 Å². The number of nitrogens with zero attached hydrogens (tertiary/aromatic N) is 1. The number of esters is 1. The van der Waals surface area contributed by atoms with Crippen molar-refractivity contribution >= 4 is 19.7 Å². The van der Waals surface area contributed by atoms with Crippen LogP contribution in [0, 0.1) is 0 Å². The van der Waals surface area contributed by atoms with Crippen LogP contribution >= 0.6 is 7.82 Å². The summed E-state index contributed by atoms with van der Waals surface area (Å²) in [4.78, 5) is 37.9. The first-order valence-electron chi connectivity index (χ1n) is 34.6. The topological polar surface area (TPSA) is 111 Å². The minimum atomic E-state index is -4.46. The Labute approximate surface area is 502 Å². The van der Waals surface area contributed by atoms with E-state index in [2.05, 4.69) is 74.7 Å². The van der Waals surface area contributed by atoms with E-state index in [0.29, 0.717) is 23.9 Å². The summed E-state index contributed by atoms with van der Waals surface area (Å²) in [6, 6.07) is -0.859. The lowest BCUT2D eigenvalue weighted by molar-refractivity contribution is -0.870. The van der Waals surface area contributed by atoms with Gasteiger partial charge in [0.1, 0.15) is 19.3 Å². The largest absolute Gasteiger partial charge is 0.472 e. The fraction of sp³-hybridized carbons (Fsp3) is 0.831. The Morgan fingerprint density at radius 2 is 0.753 bits per heavy atom. The second kappa shape index (κ2) is 60.8. The van der Waals surface area contributed by atoms with Crippen LogP contribution in [0.15, 0.2) is 60.8 Å². The lowest BCUT2D eigenvalue weighted by atomic mass is 10.0. The molecule has 0 heterocycles. The highest BCUT2D eigenvalue weighted by Gasteiger charge is 2.30. The molecule has 474 valence electrons. The van der Waals surface area contributed by atoms with Crippen molar-refractivity contribution in [1.29, 1.82) is 0 Å². The van der Waals surface area contributed by atoms with Crippen molar-refractivity contribution in [2.75, 3.05) is 40.9 Å². The molecule has 0 aromatic heterocycles. The molecule has 0 aliphatic heterocycles. The highest BCUT2D eigenvalue weighted by molar-refractivity contribution is 7.47. The van der Waals surface area contributed by atoms with Crippen LogP contribution in [0.5, 0.6) is 0 Å². The van der Waals surface area contributed by atoms with Gasteiger partial charge in [-0.2, -0.15) is 0 Å². The van der Waals surface area contributed by atoms with E-state index in [9.17, 15) is 19.0 Å². The number of ether oxygens (including phenoxy) is 1. The molecule has 81 heavy (non-hydrogen) atoms. The summed E-state index contributed by atoms with van der Waals surface area (Å²) < 4.78 is 30.8. The molecule has 0 aliphatic carbocycles. The Hall–Kier alpha value is -2.29. The molecule has 3 unspecified atom stereocenters. The van der Waals surface area contributed by atoms with Crippen LogP contribution in [0.4, 0.5) is 0 Å². The number of nitrogens with one attached hydrogen (secondary N) is 1. The van der Waals surface area contributed by atoms with E-state index in [1.54, 1.807) is 0 Å². The fourth-order valence-electron chi connectivity index (χ4n) is 10.1. The van der Waals surface area contributed by atoms with Gasteiger partial charge in [0.25, 0.3) is 0 Å². The minimum Gasteiger partial charge on any atom is -0.456 e. The summed E-state index contributed by atoms with van der Waals surface area (Å²) in [5.74, 6) is -0.513. The zero-order valence-electron chi connectivity index (χ0n) is 54.3. The van der Waals surface area contributed by atoms with E-state index in [1.165, 1.54) is 199 Å². The summed E-state index contributed by atoms with van der Waals surface area (Å²) in [7, 11) is 1.49. The Balaban J connectivity index is 5.19. The number of phosphoric ester groups is 1. The number of carbonyl (C=O) groups excluding carboxylic acids is 2. The van der Waals surface area contributed by atoms with Crippen LogP contribution in [0.25, 0.3) is 0 Å². The Bertz CT molecular complexity index is 1570. The van der Waals surface area contributed by atoms with Gasteiger partial charge in [0.05, 0.1) is 33.8 Å². The second-order valence-corrected chi connectivity index (χ2v) is 26.2.